The molecule has 0 aromatic heterocycles. The second-order valence-corrected chi connectivity index (χ2v) is 6.91. The molecule has 2 rings (SSSR count). The highest BCUT2D eigenvalue weighted by atomic mass is 16.5. The van der Waals surface area contributed by atoms with Gasteiger partial charge in [-0.1, -0.05) is 11.6 Å². The van der Waals surface area contributed by atoms with Crippen LogP contribution in [0.3, 0.4) is 0 Å². The monoisotopic (exact) mass is 372 g/mol. The molecule has 6 nitrogen and oxygen atoms in total. The summed E-state index contributed by atoms with van der Waals surface area (Å²) in [6, 6.07) is 3.73. The molecule has 0 radical (unpaired) electrons. The van der Waals surface area contributed by atoms with Crippen LogP contribution in [0.4, 0.5) is 0 Å². The lowest BCUT2D eigenvalue weighted by molar-refractivity contribution is -0.132. The van der Waals surface area contributed by atoms with Gasteiger partial charge in [0.25, 0.3) is 0 Å². The number of carbonyl (C=O) groups excluding carboxylic acids is 1. The quantitative estimate of drug-likeness (QED) is 0.414. The van der Waals surface area contributed by atoms with Crippen LogP contribution in [0, 0.1) is 5.41 Å². The van der Waals surface area contributed by atoms with E-state index < -0.39 is 23.3 Å². The Labute approximate surface area is 158 Å². The average Bonchev–Trinajstić information content (AvgIpc) is 2.60. The molecule has 0 heterocycles. The van der Waals surface area contributed by atoms with Crippen LogP contribution in [0.5, 0.6) is 11.5 Å². The Hall–Kier alpha value is -2.86. The summed E-state index contributed by atoms with van der Waals surface area (Å²) in [7, 11) is 1.50. The van der Waals surface area contributed by atoms with Crippen LogP contribution < -0.4 is 0 Å². The first-order valence-corrected chi connectivity index (χ1v) is 8.45. The standard InChI is InChI=1S/C21H24O6/c1-11-13(3)21(4,19(27-5)12(2)18(11)20(25)26)9-8-17(24)15-10-14(22)6-7-16(15)23/h6-10,19,22-23H,1-5H3,(H,25,26). The number of carboxylic acids is 1. The van der Waals surface area contributed by atoms with Crippen molar-refractivity contribution in [3.8, 4) is 11.5 Å². The van der Waals surface area contributed by atoms with E-state index in [0.29, 0.717) is 11.1 Å². The van der Waals surface area contributed by atoms with Crippen LogP contribution in [0.2, 0.25) is 0 Å². The third-order valence-corrected chi connectivity index (χ3v) is 5.35. The van der Waals surface area contributed by atoms with Crippen molar-refractivity contribution < 1.29 is 29.6 Å². The first kappa shape index (κ1) is 20.5. The molecular formula is C21H24O6. The zero-order chi connectivity index (χ0) is 20.5. The van der Waals surface area contributed by atoms with E-state index in [1.165, 1.54) is 31.4 Å². The number of allylic oxidation sites excluding steroid dienone is 1. The molecule has 1 aliphatic rings. The van der Waals surface area contributed by atoms with Gasteiger partial charge >= 0.3 is 5.97 Å². The van der Waals surface area contributed by atoms with Crippen molar-refractivity contribution in [2.24, 2.45) is 5.41 Å². The first-order chi connectivity index (χ1) is 12.5. The van der Waals surface area contributed by atoms with E-state index in [9.17, 15) is 24.9 Å². The number of methoxy groups -OCH3 is 1. The fourth-order valence-corrected chi connectivity index (χ4v) is 3.69. The summed E-state index contributed by atoms with van der Waals surface area (Å²) in [6.45, 7) is 7.14. The Morgan fingerprint density at radius 2 is 1.81 bits per heavy atom. The van der Waals surface area contributed by atoms with Crippen LogP contribution in [-0.2, 0) is 9.53 Å². The predicted molar refractivity (Wildman–Crippen MR) is 101 cm³/mol. The number of hydrogen-bond acceptors (Lipinski definition) is 5. The second kappa shape index (κ2) is 7.40. The van der Waals surface area contributed by atoms with E-state index in [1.807, 2.05) is 13.8 Å². The Morgan fingerprint density at radius 1 is 1.19 bits per heavy atom. The molecule has 0 spiro atoms. The maximum Gasteiger partial charge on any atom is 0.335 e. The molecule has 0 aliphatic heterocycles. The number of hydrogen-bond donors (Lipinski definition) is 3. The lowest BCUT2D eigenvalue weighted by atomic mass is 9.67. The highest BCUT2D eigenvalue weighted by molar-refractivity contribution is 6.06. The van der Waals surface area contributed by atoms with Gasteiger partial charge in [0.15, 0.2) is 5.78 Å². The summed E-state index contributed by atoms with van der Waals surface area (Å²) in [5.74, 6) is -1.85. The Kier molecular flexibility index (Phi) is 5.61. The molecule has 1 aliphatic carbocycles. The average molecular weight is 372 g/mol. The van der Waals surface area contributed by atoms with Crippen molar-refractivity contribution >= 4 is 11.8 Å². The Balaban J connectivity index is 2.50. The third-order valence-electron chi connectivity index (χ3n) is 5.35. The number of ether oxygens (including phenoxy) is 1. The highest BCUT2D eigenvalue weighted by Crippen LogP contribution is 2.45. The van der Waals surface area contributed by atoms with Gasteiger partial charge < -0.3 is 20.1 Å². The van der Waals surface area contributed by atoms with E-state index in [0.717, 1.165) is 5.57 Å². The summed E-state index contributed by atoms with van der Waals surface area (Å²) in [4.78, 5) is 24.2. The summed E-state index contributed by atoms with van der Waals surface area (Å²) in [5, 5.41) is 28.9. The maximum absolute atomic E-state index is 12.5. The van der Waals surface area contributed by atoms with E-state index in [1.54, 1.807) is 19.9 Å². The minimum atomic E-state index is -1.02. The molecule has 0 bridgehead atoms. The molecule has 3 N–H and O–H groups in total. The van der Waals surface area contributed by atoms with Crippen molar-refractivity contribution in [1.29, 1.82) is 0 Å². The van der Waals surface area contributed by atoms with Gasteiger partial charge in [-0.15, -0.1) is 0 Å². The molecule has 6 heteroatoms. The van der Waals surface area contributed by atoms with Crippen LogP contribution >= 0.6 is 0 Å². The van der Waals surface area contributed by atoms with Gasteiger partial charge in [-0.05, 0) is 63.1 Å². The molecule has 0 saturated carbocycles. The third kappa shape index (κ3) is 3.53. The van der Waals surface area contributed by atoms with E-state index in [-0.39, 0.29) is 22.6 Å². The van der Waals surface area contributed by atoms with Gasteiger partial charge in [-0.3, -0.25) is 4.79 Å². The number of aromatic hydroxyl groups is 2. The van der Waals surface area contributed by atoms with Gasteiger partial charge in [0, 0.05) is 12.5 Å². The van der Waals surface area contributed by atoms with Gasteiger partial charge in [-0.2, -0.15) is 0 Å². The number of phenolic OH excluding ortho intramolecular Hbond substituents is 2. The summed E-state index contributed by atoms with van der Waals surface area (Å²) >= 11 is 0. The number of carbonyl (C=O) groups is 2. The van der Waals surface area contributed by atoms with Crippen molar-refractivity contribution in [3.63, 3.8) is 0 Å². The summed E-state index contributed by atoms with van der Waals surface area (Å²) in [5.41, 5.74) is 1.45. The van der Waals surface area contributed by atoms with E-state index >= 15 is 0 Å². The molecule has 144 valence electrons. The van der Waals surface area contributed by atoms with E-state index in [2.05, 4.69) is 0 Å². The molecule has 27 heavy (non-hydrogen) atoms. The van der Waals surface area contributed by atoms with Crippen LogP contribution in [-0.4, -0.2) is 40.3 Å². The van der Waals surface area contributed by atoms with Gasteiger partial charge in [0.2, 0.25) is 0 Å². The molecule has 1 aromatic carbocycles. The Bertz CT molecular complexity index is 890. The molecule has 1 aromatic rings. The second-order valence-electron chi connectivity index (χ2n) is 6.91. The van der Waals surface area contributed by atoms with Crippen molar-refractivity contribution in [2.75, 3.05) is 7.11 Å². The number of phenols is 2. The lowest BCUT2D eigenvalue weighted by Crippen LogP contribution is -2.39. The predicted octanol–water partition coefficient (Wildman–Crippen LogP) is 3.61. The number of carboxylic acid groups (broad SMARTS) is 1. The first-order valence-electron chi connectivity index (χ1n) is 8.45. The minimum absolute atomic E-state index is 0.0172. The topological polar surface area (TPSA) is 104 Å². The fourth-order valence-electron chi connectivity index (χ4n) is 3.69. The van der Waals surface area contributed by atoms with Gasteiger partial charge in [-0.25, -0.2) is 4.79 Å². The van der Waals surface area contributed by atoms with Crippen molar-refractivity contribution in [3.05, 3.63) is 58.2 Å². The molecule has 0 amide bonds. The minimum Gasteiger partial charge on any atom is -0.508 e. The molecule has 2 atom stereocenters. The number of aliphatic carboxylic acids is 1. The van der Waals surface area contributed by atoms with Crippen LogP contribution in [0.25, 0.3) is 0 Å². The zero-order valence-corrected chi connectivity index (χ0v) is 16.0. The van der Waals surface area contributed by atoms with Crippen molar-refractivity contribution in [2.45, 2.75) is 33.8 Å². The number of benzene rings is 1. The van der Waals surface area contributed by atoms with Gasteiger partial charge in [0.05, 0.1) is 17.2 Å². The largest absolute Gasteiger partial charge is 0.508 e. The van der Waals surface area contributed by atoms with Gasteiger partial charge in [0.1, 0.15) is 11.5 Å². The summed E-state index contributed by atoms with van der Waals surface area (Å²) in [6.07, 6.45) is 2.42. The fraction of sp³-hybridized carbons (Fsp3) is 0.333. The van der Waals surface area contributed by atoms with Crippen LogP contribution in [0.1, 0.15) is 38.1 Å². The smallest absolute Gasteiger partial charge is 0.335 e. The summed E-state index contributed by atoms with van der Waals surface area (Å²) < 4.78 is 5.59. The maximum atomic E-state index is 12.5. The molecule has 2 unspecified atom stereocenters. The van der Waals surface area contributed by atoms with Crippen LogP contribution in [0.15, 0.2) is 52.6 Å². The number of ketones is 1. The molecular weight excluding hydrogens is 348 g/mol. The van der Waals surface area contributed by atoms with E-state index in [4.69, 9.17) is 4.74 Å². The highest BCUT2D eigenvalue weighted by Gasteiger charge is 2.42. The lowest BCUT2D eigenvalue weighted by Gasteiger charge is -2.41. The van der Waals surface area contributed by atoms with Crippen molar-refractivity contribution in [1.82, 2.24) is 0 Å². The molecule has 0 saturated heterocycles. The Morgan fingerprint density at radius 3 is 2.37 bits per heavy atom. The molecule has 0 fully saturated rings. The SMILES string of the molecule is COC1C(C)=C(C(=O)O)C(C)=C(C)C1(C)C=CC(=O)c1cc(O)ccc1O. The normalized spacial score (nSPS) is 23.2. The number of rotatable bonds is 5. The zero-order valence-electron chi connectivity index (χ0n) is 16.0.